The molecule has 2 N–H and O–H groups in total. The molecule has 0 aliphatic carbocycles. The first-order valence-electron chi connectivity index (χ1n) is 8.23. The Hall–Kier alpha value is -1.56. The monoisotopic (exact) mass is 378 g/mol. The van der Waals surface area contributed by atoms with E-state index < -0.39 is 0 Å². The predicted molar refractivity (Wildman–Crippen MR) is 101 cm³/mol. The van der Waals surface area contributed by atoms with Gasteiger partial charge in [-0.1, -0.05) is 24.3 Å². The van der Waals surface area contributed by atoms with Gasteiger partial charge in [-0.15, -0.1) is 24.2 Å². The number of hydrogen-bond donors (Lipinski definition) is 2. The van der Waals surface area contributed by atoms with Crippen LogP contribution in [0.2, 0.25) is 0 Å². The Bertz CT molecular complexity index is 786. The fourth-order valence-corrected chi connectivity index (χ4v) is 4.53. The summed E-state index contributed by atoms with van der Waals surface area (Å²) in [5, 5.41) is 6.43. The van der Waals surface area contributed by atoms with Gasteiger partial charge in [0.25, 0.3) is 0 Å². The van der Waals surface area contributed by atoms with Gasteiger partial charge in [-0.3, -0.25) is 4.79 Å². The number of benzene rings is 2. The molecule has 2 heterocycles. The van der Waals surface area contributed by atoms with E-state index in [0.29, 0.717) is 13.0 Å². The number of amides is 1. The van der Waals surface area contributed by atoms with Crippen molar-refractivity contribution in [2.24, 2.45) is 0 Å². The zero-order valence-corrected chi connectivity index (χ0v) is 15.3. The average molecular weight is 379 g/mol. The second-order valence-electron chi connectivity index (χ2n) is 6.29. The van der Waals surface area contributed by atoms with Crippen molar-refractivity contribution >= 4 is 30.1 Å². The van der Waals surface area contributed by atoms with E-state index in [4.69, 9.17) is 0 Å². The van der Waals surface area contributed by atoms with Crippen LogP contribution in [0.3, 0.4) is 0 Å². The SMILES string of the molecule is Cl.O=C(NC1CCSc2ccc(F)cc21)C1Cc2ccccc2CN1. The smallest absolute Gasteiger partial charge is 0.237 e. The minimum Gasteiger partial charge on any atom is -0.348 e. The number of nitrogens with one attached hydrogen (secondary N) is 2. The highest BCUT2D eigenvalue weighted by Gasteiger charge is 2.28. The summed E-state index contributed by atoms with van der Waals surface area (Å²) < 4.78 is 13.6. The molecular formula is C19H20ClFN2OS. The molecule has 0 saturated carbocycles. The second kappa shape index (κ2) is 7.77. The molecule has 0 saturated heterocycles. The van der Waals surface area contributed by atoms with Gasteiger partial charge in [0, 0.05) is 17.2 Å². The van der Waals surface area contributed by atoms with Gasteiger partial charge in [0.15, 0.2) is 0 Å². The molecular weight excluding hydrogens is 359 g/mol. The van der Waals surface area contributed by atoms with Crippen LogP contribution in [0.5, 0.6) is 0 Å². The van der Waals surface area contributed by atoms with Crippen LogP contribution in [-0.2, 0) is 17.8 Å². The highest BCUT2D eigenvalue weighted by Crippen LogP contribution is 2.36. The first-order valence-corrected chi connectivity index (χ1v) is 9.22. The minimum atomic E-state index is -0.250. The van der Waals surface area contributed by atoms with Crippen LogP contribution in [0.25, 0.3) is 0 Å². The van der Waals surface area contributed by atoms with Crippen LogP contribution in [0.15, 0.2) is 47.4 Å². The Morgan fingerprint density at radius 1 is 1.20 bits per heavy atom. The molecule has 2 aromatic rings. The minimum absolute atomic E-state index is 0. The van der Waals surface area contributed by atoms with E-state index in [9.17, 15) is 9.18 Å². The standard InChI is InChI=1S/C19H19FN2OS.ClH/c20-14-5-6-18-15(10-14)16(7-8-24-18)22-19(23)17-9-12-3-1-2-4-13(12)11-21-17;/h1-6,10,16-17,21H,7-9,11H2,(H,22,23);1H. The maximum absolute atomic E-state index is 13.6. The van der Waals surface area contributed by atoms with Crippen LogP contribution in [0.4, 0.5) is 4.39 Å². The normalized spacial score (nSPS) is 21.5. The zero-order chi connectivity index (χ0) is 16.5. The molecule has 2 unspecified atom stereocenters. The van der Waals surface area contributed by atoms with E-state index in [1.807, 2.05) is 18.2 Å². The summed E-state index contributed by atoms with van der Waals surface area (Å²) in [6.45, 7) is 0.708. The molecule has 6 heteroatoms. The van der Waals surface area contributed by atoms with Crippen molar-refractivity contribution < 1.29 is 9.18 Å². The molecule has 4 rings (SSSR count). The third-order valence-corrected chi connectivity index (χ3v) is 5.85. The van der Waals surface area contributed by atoms with Gasteiger partial charge >= 0.3 is 0 Å². The van der Waals surface area contributed by atoms with E-state index in [2.05, 4.69) is 22.8 Å². The number of thioether (sulfide) groups is 1. The van der Waals surface area contributed by atoms with Gasteiger partial charge in [-0.05, 0) is 47.7 Å². The molecule has 25 heavy (non-hydrogen) atoms. The third kappa shape index (κ3) is 3.84. The molecule has 2 atom stereocenters. The highest BCUT2D eigenvalue weighted by atomic mass is 35.5. The van der Waals surface area contributed by atoms with Gasteiger partial charge in [0.1, 0.15) is 5.82 Å². The lowest BCUT2D eigenvalue weighted by Gasteiger charge is -2.30. The quantitative estimate of drug-likeness (QED) is 0.838. The van der Waals surface area contributed by atoms with Crippen LogP contribution < -0.4 is 10.6 Å². The van der Waals surface area contributed by atoms with E-state index in [0.717, 1.165) is 22.6 Å². The van der Waals surface area contributed by atoms with E-state index in [1.165, 1.54) is 17.2 Å². The maximum atomic E-state index is 13.6. The lowest BCUT2D eigenvalue weighted by Crippen LogP contribution is -2.48. The lowest BCUT2D eigenvalue weighted by molar-refractivity contribution is -0.124. The molecule has 0 fully saturated rings. The molecule has 2 aliphatic heterocycles. The number of carbonyl (C=O) groups excluding carboxylic acids is 1. The van der Waals surface area contributed by atoms with Gasteiger partial charge in [-0.25, -0.2) is 4.39 Å². The molecule has 0 aromatic heterocycles. The summed E-state index contributed by atoms with van der Waals surface area (Å²) in [6.07, 6.45) is 1.52. The van der Waals surface area contributed by atoms with Gasteiger partial charge in [0.2, 0.25) is 5.91 Å². The van der Waals surface area contributed by atoms with Crippen LogP contribution in [-0.4, -0.2) is 17.7 Å². The number of fused-ring (bicyclic) bond motifs is 2. The number of carbonyl (C=O) groups is 1. The molecule has 0 spiro atoms. The Morgan fingerprint density at radius 2 is 2.00 bits per heavy atom. The fraction of sp³-hybridized carbons (Fsp3) is 0.316. The van der Waals surface area contributed by atoms with Crippen LogP contribution in [0.1, 0.15) is 29.2 Å². The summed E-state index contributed by atoms with van der Waals surface area (Å²) in [7, 11) is 0. The predicted octanol–water partition coefficient (Wildman–Crippen LogP) is 3.62. The molecule has 2 aromatic carbocycles. The zero-order valence-electron chi connectivity index (χ0n) is 13.6. The summed E-state index contributed by atoms with van der Waals surface area (Å²) in [4.78, 5) is 13.8. The molecule has 3 nitrogen and oxygen atoms in total. The van der Waals surface area contributed by atoms with E-state index in [-0.39, 0.29) is 36.2 Å². The Morgan fingerprint density at radius 3 is 2.84 bits per heavy atom. The Labute approximate surface area is 157 Å². The average Bonchev–Trinajstić information content (AvgIpc) is 2.62. The van der Waals surface area contributed by atoms with E-state index in [1.54, 1.807) is 17.8 Å². The van der Waals surface area contributed by atoms with E-state index >= 15 is 0 Å². The number of rotatable bonds is 2. The molecule has 2 aliphatic rings. The largest absolute Gasteiger partial charge is 0.348 e. The van der Waals surface area contributed by atoms with Crippen molar-refractivity contribution in [1.29, 1.82) is 0 Å². The van der Waals surface area contributed by atoms with Crippen molar-refractivity contribution in [3.63, 3.8) is 0 Å². The van der Waals surface area contributed by atoms with Crippen molar-refractivity contribution in [3.05, 3.63) is 65.0 Å². The van der Waals surface area contributed by atoms with Gasteiger partial charge in [0.05, 0.1) is 12.1 Å². The summed E-state index contributed by atoms with van der Waals surface area (Å²) >= 11 is 1.72. The first-order chi connectivity index (χ1) is 11.7. The molecule has 1 amide bonds. The molecule has 0 bridgehead atoms. The Kier molecular flexibility index (Phi) is 5.67. The van der Waals surface area contributed by atoms with Crippen LogP contribution in [0, 0.1) is 5.82 Å². The van der Waals surface area contributed by atoms with Gasteiger partial charge < -0.3 is 10.6 Å². The lowest BCUT2D eigenvalue weighted by atomic mass is 9.95. The van der Waals surface area contributed by atoms with Crippen LogP contribution >= 0.6 is 24.2 Å². The fourth-order valence-electron chi connectivity index (χ4n) is 3.43. The summed E-state index contributed by atoms with van der Waals surface area (Å²) in [5.41, 5.74) is 3.38. The number of halogens is 2. The highest BCUT2D eigenvalue weighted by molar-refractivity contribution is 7.99. The second-order valence-corrected chi connectivity index (χ2v) is 7.42. The summed E-state index contributed by atoms with van der Waals surface area (Å²) in [6, 6.07) is 12.7. The topological polar surface area (TPSA) is 41.1 Å². The Balaban J connectivity index is 0.00000182. The first kappa shape index (κ1) is 18.2. The van der Waals surface area contributed by atoms with Crippen molar-refractivity contribution in [3.8, 4) is 0 Å². The molecule has 132 valence electrons. The molecule has 0 radical (unpaired) electrons. The number of hydrogen-bond acceptors (Lipinski definition) is 3. The van der Waals surface area contributed by atoms with Crippen molar-refractivity contribution in [2.75, 3.05) is 5.75 Å². The summed E-state index contributed by atoms with van der Waals surface area (Å²) in [5.74, 6) is 0.682. The van der Waals surface area contributed by atoms with Crippen molar-refractivity contribution in [2.45, 2.75) is 36.4 Å². The van der Waals surface area contributed by atoms with Gasteiger partial charge in [-0.2, -0.15) is 0 Å². The maximum Gasteiger partial charge on any atom is 0.237 e. The third-order valence-electron chi connectivity index (χ3n) is 4.73. The van der Waals surface area contributed by atoms with Crippen molar-refractivity contribution in [1.82, 2.24) is 10.6 Å².